The number of benzene rings is 1. The van der Waals surface area contributed by atoms with Crippen molar-refractivity contribution in [1.29, 1.82) is 0 Å². The molecule has 0 saturated carbocycles. The second-order valence-electron chi connectivity index (χ2n) is 5.32. The Balaban J connectivity index is 2.55. The number of hydrogen-bond donors (Lipinski definition) is 1. The van der Waals surface area contributed by atoms with Gasteiger partial charge in [0.2, 0.25) is 0 Å². The van der Waals surface area contributed by atoms with Crippen LogP contribution in [0, 0.1) is 5.92 Å². The zero-order chi connectivity index (χ0) is 15.9. The second kappa shape index (κ2) is 8.63. The third kappa shape index (κ3) is 7.71. The van der Waals surface area contributed by atoms with E-state index < -0.39 is 12.6 Å². The molecule has 6 heteroatoms. The van der Waals surface area contributed by atoms with Crippen molar-refractivity contribution in [3.63, 3.8) is 0 Å². The molecule has 2 nitrogen and oxygen atoms in total. The average molecular weight is 368 g/mol. The van der Waals surface area contributed by atoms with Gasteiger partial charge in [0.25, 0.3) is 0 Å². The Kier molecular flexibility index (Phi) is 7.52. The number of halogens is 4. The summed E-state index contributed by atoms with van der Waals surface area (Å²) in [5, 5.41) is 3.30. The molecule has 0 unspecified atom stereocenters. The van der Waals surface area contributed by atoms with E-state index in [9.17, 15) is 13.2 Å². The molecule has 0 heterocycles. The van der Waals surface area contributed by atoms with Gasteiger partial charge in [0.15, 0.2) is 0 Å². The Morgan fingerprint density at radius 2 is 2.00 bits per heavy atom. The van der Waals surface area contributed by atoms with E-state index in [1.54, 1.807) is 0 Å². The summed E-state index contributed by atoms with van der Waals surface area (Å²) < 4.78 is 42.6. The van der Waals surface area contributed by atoms with Crippen molar-refractivity contribution in [2.45, 2.75) is 39.4 Å². The van der Waals surface area contributed by atoms with E-state index in [0.717, 1.165) is 16.6 Å². The minimum absolute atomic E-state index is 0.0380. The van der Waals surface area contributed by atoms with E-state index in [2.05, 4.69) is 35.1 Å². The topological polar surface area (TPSA) is 21.3 Å². The van der Waals surface area contributed by atoms with Crippen LogP contribution >= 0.6 is 15.9 Å². The molecule has 1 N–H and O–H groups in total. The number of alkyl halides is 3. The highest BCUT2D eigenvalue weighted by molar-refractivity contribution is 9.10. The van der Waals surface area contributed by atoms with Gasteiger partial charge in [-0.05, 0) is 40.9 Å². The largest absolute Gasteiger partial charge is 0.492 e. The normalized spacial score (nSPS) is 12.0. The van der Waals surface area contributed by atoms with Crippen LogP contribution in [0.3, 0.4) is 0 Å². The van der Waals surface area contributed by atoms with Gasteiger partial charge >= 0.3 is 6.18 Å². The SMILES string of the molecule is CC(C)CNCc1cccc(Br)c1OCCCC(F)(F)F. The van der Waals surface area contributed by atoms with Gasteiger partial charge in [-0.1, -0.05) is 26.0 Å². The molecule has 0 bridgehead atoms. The number of ether oxygens (including phenoxy) is 1. The van der Waals surface area contributed by atoms with Crippen LogP contribution in [-0.4, -0.2) is 19.3 Å². The number of para-hydroxylation sites is 1. The van der Waals surface area contributed by atoms with Crippen molar-refractivity contribution in [2.24, 2.45) is 5.92 Å². The number of nitrogens with one attached hydrogen (secondary N) is 1. The van der Waals surface area contributed by atoms with Gasteiger partial charge in [-0.2, -0.15) is 13.2 Å². The molecule has 21 heavy (non-hydrogen) atoms. The molecule has 0 atom stereocenters. The summed E-state index contributed by atoms with van der Waals surface area (Å²) in [4.78, 5) is 0. The zero-order valence-electron chi connectivity index (χ0n) is 12.3. The van der Waals surface area contributed by atoms with Crippen LogP contribution in [0.15, 0.2) is 22.7 Å². The van der Waals surface area contributed by atoms with E-state index in [0.29, 0.717) is 18.2 Å². The van der Waals surface area contributed by atoms with Crippen molar-refractivity contribution in [1.82, 2.24) is 5.32 Å². The molecule has 1 aromatic rings. The Morgan fingerprint density at radius 1 is 1.29 bits per heavy atom. The smallest absolute Gasteiger partial charge is 0.389 e. The molecule has 0 spiro atoms. The summed E-state index contributed by atoms with van der Waals surface area (Å²) in [5.74, 6) is 1.16. The van der Waals surface area contributed by atoms with Crippen molar-refractivity contribution < 1.29 is 17.9 Å². The molecule has 1 aromatic carbocycles. The zero-order valence-corrected chi connectivity index (χ0v) is 13.9. The Morgan fingerprint density at radius 3 is 2.62 bits per heavy atom. The lowest BCUT2D eigenvalue weighted by molar-refractivity contribution is -0.136. The fraction of sp³-hybridized carbons (Fsp3) is 0.600. The molecule has 0 aliphatic carbocycles. The summed E-state index contributed by atoms with van der Waals surface area (Å²) in [5.41, 5.74) is 0.942. The van der Waals surface area contributed by atoms with Crippen molar-refractivity contribution in [2.75, 3.05) is 13.2 Å². The van der Waals surface area contributed by atoms with Gasteiger partial charge in [0, 0.05) is 18.5 Å². The summed E-state index contributed by atoms with van der Waals surface area (Å²) >= 11 is 3.38. The fourth-order valence-electron chi connectivity index (χ4n) is 1.80. The van der Waals surface area contributed by atoms with Crippen LogP contribution in [0.4, 0.5) is 13.2 Å². The van der Waals surface area contributed by atoms with Crippen molar-refractivity contribution in [3.05, 3.63) is 28.2 Å². The lowest BCUT2D eigenvalue weighted by Gasteiger charge is -2.15. The third-order valence-electron chi connectivity index (χ3n) is 2.77. The molecule has 0 saturated heterocycles. The Hall–Kier alpha value is -0.750. The Bertz CT molecular complexity index is 435. The van der Waals surface area contributed by atoms with Crippen LogP contribution in [0.1, 0.15) is 32.3 Å². The van der Waals surface area contributed by atoms with E-state index in [1.807, 2.05) is 18.2 Å². The quantitative estimate of drug-likeness (QED) is 0.658. The third-order valence-corrected chi connectivity index (χ3v) is 3.39. The van der Waals surface area contributed by atoms with Crippen LogP contribution < -0.4 is 10.1 Å². The molecule has 0 aliphatic heterocycles. The molecular weight excluding hydrogens is 347 g/mol. The first kappa shape index (κ1) is 18.3. The highest BCUT2D eigenvalue weighted by Crippen LogP contribution is 2.30. The van der Waals surface area contributed by atoms with Crippen molar-refractivity contribution in [3.8, 4) is 5.75 Å². The standard InChI is InChI=1S/C15H21BrF3NO/c1-11(2)9-20-10-12-5-3-6-13(16)14(12)21-8-4-7-15(17,18)19/h3,5-6,11,20H,4,7-10H2,1-2H3. The Labute approximate surface area is 132 Å². The second-order valence-corrected chi connectivity index (χ2v) is 6.17. The van der Waals surface area contributed by atoms with Gasteiger partial charge in [0.1, 0.15) is 5.75 Å². The summed E-state index contributed by atoms with van der Waals surface area (Å²) in [6.07, 6.45) is -4.99. The van der Waals surface area contributed by atoms with Crippen LogP contribution in [-0.2, 0) is 6.54 Å². The predicted octanol–water partition coefficient (Wildman–Crippen LogP) is 4.92. The van der Waals surface area contributed by atoms with E-state index >= 15 is 0 Å². The van der Waals surface area contributed by atoms with E-state index in [4.69, 9.17) is 4.74 Å². The average Bonchev–Trinajstić information content (AvgIpc) is 2.35. The van der Waals surface area contributed by atoms with Crippen LogP contribution in [0.25, 0.3) is 0 Å². The predicted molar refractivity (Wildman–Crippen MR) is 81.5 cm³/mol. The lowest BCUT2D eigenvalue weighted by atomic mass is 10.2. The van der Waals surface area contributed by atoms with Gasteiger partial charge in [0.05, 0.1) is 11.1 Å². The van der Waals surface area contributed by atoms with Crippen molar-refractivity contribution >= 4 is 15.9 Å². The molecular formula is C15H21BrF3NO. The van der Waals surface area contributed by atoms with E-state index in [1.165, 1.54) is 0 Å². The maximum Gasteiger partial charge on any atom is 0.389 e. The summed E-state index contributed by atoms with van der Waals surface area (Å²) in [6.45, 7) is 5.79. The van der Waals surface area contributed by atoms with Crippen LogP contribution in [0.2, 0.25) is 0 Å². The van der Waals surface area contributed by atoms with Crippen LogP contribution in [0.5, 0.6) is 5.75 Å². The molecule has 0 fully saturated rings. The monoisotopic (exact) mass is 367 g/mol. The molecule has 0 aromatic heterocycles. The highest BCUT2D eigenvalue weighted by Gasteiger charge is 2.26. The molecule has 0 aliphatic rings. The van der Waals surface area contributed by atoms with Gasteiger partial charge in [-0.3, -0.25) is 0 Å². The van der Waals surface area contributed by atoms with E-state index in [-0.39, 0.29) is 13.0 Å². The molecule has 120 valence electrons. The number of rotatable bonds is 8. The summed E-state index contributed by atoms with van der Waals surface area (Å²) in [7, 11) is 0. The molecule has 1 rings (SSSR count). The number of hydrogen-bond acceptors (Lipinski definition) is 2. The van der Waals surface area contributed by atoms with Gasteiger partial charge in [-0.25, -0.2) is 0 Å². The van der Waals surface area contributed by atoms with Gasteiger partial charge < -0.3 is 10.1 Å². The maximum atomic E-state index is 12.1. The first-order valence-corrected chi connectivity index (χ1v) is 7.76. The lowest BCUT2D eigenvalue weighted by Crippen LogP contribution is -2.19. The first-order valence-electron chi connectivity index (χ1n) is 6.97. The highest BCUT2D eigenvalue weighted by atomic mass is 79.9. The maximum absolute atomic E-state index is 12.1. The minimum Gasteiger partial charge on any atom is -0.492 e. The molecule has 0 amide bonds. The minimum atomic E-state index is -4.13. The fourth-order valence-corrected chi connectivity index (χ4v) is 2.32. The molecule has 0 radical (unpaired) electrons. The first-order chi connectivity index (χ1) is 9.79. The summed E-state index contributed by atoms with van der Waals surface area (Å²) in [6, 6.07) is 5.63. The van der Waals surface area contributed by atoms with Gasteiger partial charge in [-0.15, -0.1) is 0 Å².